The first-order valence-electron chi connectivity index (χ1n) is 5.82. The summed E-state index contributed by atoms with van der Waals surface area (Å²) in [4.78, 5) is 0. The molecule has 0 aromatic heterocycles. The van der Waals surface area contributed by atoms with Crippen molar-refractivity contribution in [3.05, 3.63) is 53.8 Å². The van der Waals surface area contributed by atoms with Gasteiger partial charge in [0.05, 0.1) is 7.11 Å². The first kappa shape index (κ1) is 12.6. The Morgan fingerprint density at radius 1 is 1.11 bits per heavy atom. The van der Waals surface area contributed by atoms with Gasteiger partial charge in [-0.25, -0.2) is 4.39 Å². The standard InChI is InChI=1S/C15H16FNO/c1-10(17)11-6-8-12(9-7-11)13-4-3-5-14(18-2)15(13)16/h3-10H,17H2,1-2H3. The number of hydrogen-bond donors (Lipinski definition) is 1. The van der Waals surface area contributed by atoms with Gasteiger partial charge in [-0.1, -0.05) is 36.4 Å². The van der Waals surface area contributed by atoms with Crippen LogP contribution >= 0.6 is 0 Å². The van der Waals surface area contributed by atoms with E-state index in [1.54, 1.807) is 18.2 Å². The molecule has 3 heteroatoms. The fourth-order valence-electron chi connectivity index (χ4n) is 1.86. The summed E-state index contributed by atoms with van der Waals surface area (Å²) in [6.45, 7) is 1.92. The van der Waals surface area contributed by atoms with Crippen LogP contribution < -0.4 is 10.5 Å². The molecule has 1 atom stereocenters. The van der Waals surface area contributed by atoms with E-state index in [2.05, 4.69) is 0 Å². The third kappa shape index (κ3) is 2.36. The van der Waals surface area contributed by atoms with Crippen molar-refractivity contribution in [3.63, 3.8) is 0 Å². The van der Waals surface area contributed by atoms with Gasteiger partial charge in [0, 0.05) is 11.6 Å². The molecule has 0 aliphatic rings. The summed E-state index contributed by atoms with van der Waals surface area (Å²) in [6.07, 6.45) is 0. The largest absolute Gasteiger partial charge is 0.494 e. The molecule has 0 radical (unpaired) electrons. The van der Waals surface area contributed by atoms with Crippen LogP contribution in [0, 0.1) is 5.82 Å². The Bertz CT molecular complexity index is 535. The van der Waals surface area contributed by atoms with Crippen molar-refractivity contribution in [1.82, 2.24) is 0 Å². The zero-order valence-corrected chi connectivity index (χ0v) is 10.5. The molecule has 0 fully saturated rings. The van der Waals surface area contributed by atoms with Crippen LogP contribution in [0.25, 0.3) is 11.1 Å². The average Bonchev–Trinajstić information content (AvgIpc) is 2.39. The zero-order chi connectivity index (χ0) is 13.1. The van der Waals surface area contributed by atoms with Crippen molar-refractivity contribution < 1.29 is 9.13 Å². The summed E-state index contributed by atoms with van der Waals surface area (Å²) in [7, 11) is 1.46. The second-order valence-electron chi connectivity index (χ2n) is 4.23. The van der Waals surface area contributed by atoms with Gasteiger partial charge in [0.2, 0.25) is 0 Å². The van der Waals surface area contributed by atoms with Gasteiger partial charge in [0.15, 0.2) is 11.6 Å². The Morgan fingerprint density at radius 3 is 2.33 bits per heavy atom. The van der Waals surface area contributed by atoms with Gasteiger partial charge in [-0.2, -0.15) is 0 Å². The smallest absolute Gasteiger partial charge is 0.172 e. The third-order valence-electron chi connectivity index (χ3n) is 2.93. The van der Waals surface area contributed by atoms with E-state index in [0.717, 1.165) is 11.1 Å². The molecular weight excluding hydrogens is 229 g/mol. The summed E-state index contributed by atoms with van der Waals surface area (Å²) in [5.41, 5.74) is 8.16. The highest BCUT2D eigenvalue weighted by Crippen LogP contribution is 2.29. The minimum absolute atomic E-state index is 0.0193. The third-order valence-corrected chi connectivity index (χ3v) is 2.93. The molecule has 0 saturated heterocycles. The van der Waals surface area contributed by atoms with Crippen molar-refractivity contribution in [3.8, 4) is 16.9 Å². The zero-order valence-electron chi connectivity index (χ0n) is 10.5. The van der Waals surface area contributed by atoms with Crippen molar-refractivity contribution in [1.29, 1.82) is 0 Å². The Kier molecular flexibility index (Phi) is 3.63. The molecule has 2 aromatic carbocycles. The number of ether oxygens (including phenoxy) is 1. The number of benzene rings is 2. The minimum Gasteiger partial charge on any atom is -0.494 e. The van der Waals surface area contributed by atoms with Crippen LogP contribution in [0.15, 0.2) is 42.5 Å². The fraction of sp³-hybridized carbons (Fsp3) is 0.200. The van der Waals surface area contributed by atoms with Crippen LogP contribution in [0.3, 0.4) is 0 Å². The Morgan fingerprint density at radius 2 is 1.78 bits per heavy atom. The first-order valence-corrected chi connectivity index (χ1v) is 5.82. The van der Waals surface area contributed by atoms with Crippen LogP contribution in [0.1, 0.15) is 18.5 Å². The Hall–Kier alpha value is -1.87. The van der Waals surface area contributed by atoms with Gasteiger partial charge in [-0.05, 0) is 24.1 Å². The van der Waals surface area contributed by atoms with E-state index in [9.17, 15) is 4.39 Å². The summed E-state index contributed by atoms with van der Waals surface area (Å²) in [5.74, 6) is -0.0858. The molecular formula is C15H16FNO. The molecule has 0 aliphatic carbocycles. The maximum absolute atomic E-state index is 14.1. The quantitative estimate of drug-likeness (QED) is 0.898. The predicted molar refractivity (Wildman–Crippen MR) is 71.0 cm³/mol. The van der Waals surface area contributed by atoms with E-state index in [1.807, 2.05) is 31.2 Å². The lowest BCUT2D eigenvalue weighted by atomic mass is 10.0. The number of halogens is 1. The van der Waals surface area contributed by atoms with E-state index in [0.29, 0.717) is 5.56 Å². The predicted octanol–water partition coefficient (Wildman–Crippen LogP) is 3.52. The monoisotopic (exact) mass is 245 g/mol. The van der Waals surface area contributed by atoms with Gasteiger partial charge >= 0.3 is 0 Å². The minimum atomic E-state index is -0.339. The van der Waals surface area contributed by atoms with E-state index < -0.39 is 0 Å². The SMILES string of the molecule is COc1cccc(-c2ccc(C(C)N)cc2)c1F. The molecule has 0 amide bonds. The highest BCUT2D eigenvalue weighted by molar-refractivity contribution is 5.66. The highest BCUT2D eigenvalue weighted by Gasteiger charge is 2.10. The van der Waals surface area contributed by atoms with Crippen LogP contribution in [0.4, 0.5) is 4.39 Å². The highest BCUT2D eigenvalue weighted by atomic mass is 19.1. The molecule has 94 valence electrons. The average molecular weight is 245 g/mol. The molecule has 0 heterocycles. The van der Waals surface area contributed by atoms with Crippen LogP contribution in [0.2, 0.25) is 0 Å². The molecule has 2 rings (SSSR count). The lowest BCUT2D eigenvalue weighted by Crippen LogP contribution is -2.04. The molecule has 18 heavy (non-hydrogen) atoms. The van der Waals surface area contributed by atoms with E-state index >= 15 is 0 Å². The summed E-state index contributed by atoms with van der Waals surface area (Å²) in [5, 5.41) is 0. The van der Waals surface area contributed by atoms with Gasteiger partial charge in [-0.15, -0.1) is 0 Å². The molecule has 0 spiro atoms. The molecule has 0 bridgehead atoms. The maximum Gasteiger partial charge on any atom is 0.172 e. The number of hydrogen-bond acceptors (Lipinski definition) is 2. The van der Waals surface area contributed by atoms with Crippen molar-refractivity contribution in [2.45, 2.75) is 13.0 Å². The molecule has 2 aromatic rings. The maximum atomic E-state index is 14.1. The Labute approximate surface area is 106 Å². The number of nitrogens with two attached hydrogens (primary N) is 1. The van der Waals surface area contributed by atoms with E-state index in [-0.39, 0.29) is 17.6 Å². The second-order valence-corrected chi connectivity index (χ2v) is 4.23. The number of rotatable bonds is 3. The van der Waals surface area contributed by atoms with Crippen molar-refractivity contribution in [2.24, 2.45) is 5.73 Å². The van der Waals surface area contributed by atoms with E-state index in [4.69, 9.17) is 10.5 Å². The van der Waals surface area contributed by atoms with Crippen LogP contribution in [-0.4, -0.2) is 7.11 Å². The van der Waals surface area contributed by atoms with Crippen molar-refractivity contribution >= 4 is 0 Å². The van der Waals surface area contributed by atoms with Gasteiger partial charge in [0.25, 0.3) is 0 Å². The fourth-order valence-corrected chi connectivity index (χ4v) is 1.86. The topological polar surface area (TPSA) is 35.2 Å². The van der Waals surface area contributed by atoms with Crippen molar-refractivity contribution in [2.75, 3.05) is 7.11 Å². The van der Waals surface area contributed by atoms with Gasteiger partial charge in [0.1, 0.15) is 0 Å². The molecule has 0 saturated carbocycles. The summed E-state index contributed by atoms with van der Waals surface area (Å²) < 4.78 is 19.0. The van der Waals surface area contributed by atoms with Gasteiger partial charge in [-0.3, -0.25) is 0 Å². The van der Waals surface area contributed by atoms with Gasteiger partial charge < -0.3 is 10.5 Å². The molecule has 1 unspecified atom stereocenters. The number of methoxy groups -OCH3 is 1. The van der Waals surface area contributed by atoms with Crippen LogP contribution in [0.5, 0.6) is 5.75 Å². The second kappa shape index (κ2) is 5.19. The molecule has 0 aliphatic heterocycles. The van der Waals surface area contributed by atoms with Crippen LogP contribution in [-0.2, 0) is 0 Å². The summed E-state index contributed by atoms with van der Waals surface area (Å²) in [6, 6.07) is 12.7. The van der Waals surface area contributed by atoms with E-state index in [1.165, 1.54) is 7.11 Å². The lowest BCUT2D eigenvalue weighted by Gasteiger charge is -2.09. The first-order chi connectivity index (χ1) is 8.63. The normalized spacial score (nSPS) is 12.2. The Balaban J connectivity index is 2.43. The lowest BCUT2D eigenvalue weighted by molar-refractivity contribution is 0.387. The summed E-state index contributed by atoms with van der Waals surface area (Å²) >= 11 is 0. The molecule has 2 nitrogen and oxygen atoms in total. The molecule has 2 N–H and O–H groups in total.